The second kappa shape index (κ2) is 8.97. The number of amides is 1. The number of anilines is 1. The minimum atomic E-state index is -3.60. The molecule has 0 heterocycles. The highest BCUT2D eigenvalue weighted by molar-refractivity contribution is 7.89. The Bertz CT molecular complexity index is 1010. The minimum Gasteiger partial charge on any atom is -0.483 e. The number of rotatable bonds is 7. The van der Waals surface area contributed by atoms with Crippen LogP contribution in [0.5, 0.6) is 5.75 Å². The highest BCUT2D eigenvalue weighted by atomic mass is 32.2. The number of benzene rings is 2. The molecular weight excluding hydrogens is 388 g/mol. The third-order valence-electron chi connectivity index (χ3n) is 4.93. The largest absolute Gasteiger partial charge is 0.483 e. The Morgan fingerprint density at radius 1 is 1.07 bits per heavy atom. The zero-order chi connectivity index (χ0) is 21.9. The van der Waals surface area contributed by atoms with Crippen molar-refractivity contribution >= 4 is 21.6 Å². The maximum Gasteiger partial charge on any atom is 0.262 e. The molecule has 1 amide bonds. The highest BCUT2D eigenvalue weighted by Crippen LogP contribution is 2.26. The van der Waals surface area contributed by atoms with Gasteiger partial charge < -0.3 is 10.1 Å². The summed E-state index contributed by atoms with van der Waals surface area (Å²) in [6, 6.07) is 9.08. The van der Waals surface area contributed by atoms with Crippen LogP contribution in [-0.2, 0) is 14.8 Å². The molecule has 158 valence electrons. The molecule has 0 aliphatic carbocycles. The molecule has 0 radical (unpaired) electrons. The number of hydrogen-bond donors (Lipinski definition) is 1. The lowest BCUT2D eigenvalue weighted by Gasteiger charge is -2.17. The van der Waals surface area contributed by atoms with E-state index >= 15 is 0 Å². The molecule has 2 rings (SSSR count). The molecule has 6 nitrogen and oxygen atoms in total. The first kappa shape index (κ1) is 22.9. The summed E-state index contributed by atoms with van der Waals surface area (Å²) in [5.41, 5.74) is 4.15. The lowest BCUT2D eigenvalue weighted by Crippen LogP contribution is -2.24. The molecule has 0 fully saturated rings. The van der Waals surface area contributed by atoms with E-state index < -0.39 is 10.0 Å². The highest BCUT2D eigenvalue weighted by Gasteiger charge is 2.20. The molecule has 0 bridgehead atoms. The summed E-state index contributed by atoms with van der Waals surface area (Å²) in [4.78, 5) is 12.6. The van der Waals surface area contributed by atoms with Gasteiger partial charge in [-0.25, -0.2) is 12.7 Å². The van der Waals surface area contributed by atoms with Crippen molar-refractivity contribution in [1.82, 2.24) is 4.31 Å². The second-order valence-electron chi connectivity index (χ2n) is 7.72. The lowest BCUT2D eigenvalue weighted by atomic mass is 10.0. The van der Waals surface area contributed by atoms with Crippen LogP contribution < -0.4 is 10.1 Å². The van der Waals surface area contributed by atoms with Crippen LogP contribution in [0.4, 0.5) is 5.69 Å². The van der Waals surface area contributed by atoms with Crippen molar-refractivity contribution in [3.63, 3.8) is 0 Å². The van der Waals surface area contributed by atoms with Gasteiger partial charge in [-0.2, -0.15) is 0 Å². The average Bonchev–Trinajstić information content (AvgIpc) is 2.64. The fraction of sp³-hybridized carbons (Fsp3) is 0.409. The number of carbonyl (C=O) groups is 1. The topological polar surface area (TPSA) is 75.7 Å². The smallest absolute Gasteiger partial charge is 0.262 e. The summed E-state index contributed by atoms with van der Waals surface area (Å²) in [7, 11) is -0.645. The molecule has 1 N–H and O–H groups in total. The second-order valence-corrected chi connectivity index (χ2v) is 9.87. The first-order valence-corrected chi connectivity index (χ1v) is 10.9. The standard InChI is InChI=1S/C22H30N2O4S/c1-14(2)18-9-8-15(3)21(11-18)28-13-22(25)23-20-12-19(10-16(4)17(20)5)29(26,27)24(6)7/h8-12,14H,13H2,1-7H3,(H,23,25). The molecule has 0 aliphatic rings. The van der Waals surface area contributed by atoms with E-state index in [9.17, 15) is 13.2 Å². The molecule has 0 aliphatic heterocycles. The van der Waals surface area contributed by atoms with Crippen molar-refractivity contribution in [3.05, 3.63) is 52.6 Å². The van der Waals surface area contributed by atoms with E-state index in [2.05, 4.69) is 25.2 Å². The van der Waals surface area contributed by atoms with Gasteiger partial charge in [0.05, 0.1) is 4.90 Å². The van der Waals surface area contributed by atoms with Crippen LogP contribution in [0.2, 0.25) is 0 Å². The van der Waals surface area contributed by atoms with Gasteiger partial charge in [0.15, 0.2) is 6.61 Å². The molecule has 2 aromatic carbocycles. The Kier molecular flexibility index (Phi) is 7.08. The Hall–Kier alpha value is -2.38. The summed E-state index contributed by atoms with van der Waals surface area (Å²) < 4.78 is 31.8. The van der Waals surface area contributed by atoms with Crippen molar-refractivity contribution in [2.45, 2.75) is 45.4 Å². The number of carbonyl (C=O) groups excluding carboxylic acids is 1. The SMILES string of the molecule is Cc1ccc(C(C)C)cc1OCC(=O)Nc1cc(S(=O)(=O)N(C)C)cc(C)c1C. The van der Waals surface area contributed by atoms with E-state index in [-0.39, 0.29) is 17.4 Å². The van der Waals surface area contributed by atoms with Gasteiger partial charge in [-0.15, -0.1) is 0 Å². The first-order valence-electron chi connectivity index (χ1n) is 9.50. The predicted octanol–water partition coefficient (Wildman–Crippen LogP) is 4.00. The fourth-order valence-electron chi connectivity index (χ4n) is 2.78. The maximum absolute atomic E-state index is 12.5. The summed E-state index contributed by atoms with van der Waals surface area (Å²) in [6.45, 7) is 9.62. The van der Waals surface area contributed by atoms with Gasteiger partial charge in [0, 0.05) is 19.8 Å². The molecule has 29 heavy (non-hydrogen) atoms. The number of aryl methyl sites for hydroxylation is 2. The minimum absolute atomic E-state index is 0.141. The van der Waals surface area contributed by atoms with Crippen LogP contribution in [-0.4, -0.2) is 39.3 Å². The average molecular weight is 419 g/mol. The van der Waals surface area contributed by atoms with Crippen LogP contribution in [0.1, 0.15) is 42.0 Å². The summed E-state index contributed by atoms with van der Waals surface area (Å²) in [5.74, 6) is 0.684. The van der Waals surface area contributed by atoms with Crippen molar-refractivity contribution in [3.8, 4) is 5.75 Å². The molecule has 7 heteroatoms. The number of sulfonamides is 1. The van der Waals surface area contributed by atoms with Crippen molar-refractivity contribution in [2.75, 3.05) is 26.0 Å². The summed E-state index contributed by atoms with van der Waals surface area (Å²) in [6.07, 6.45) is 0. The van der Waals surface area contributed by atoms with Gasteiger partial charge in [-0.1, -0.05) is 26.0 Å². The fourth-order valence-corrected chi connectivity index (χ4v) is 3.79. The van der Waals surface area contributed by atoms with Crippen LogP contribution in [0.3, 0.4) is 0 Å². The van der Waals surface area contributed by atoms with E-state index in [1.54, 1.807) is 6.07 Å². The molecule has 0 aromatic heterocycles. The van der Waals surface area contributed by atoms with Crippen LogP contribution in [0, 0.1) is 20.8 Å². The lowest BCUT2D eigenvalue weighted by molar-refractivity contribution is -0.118. The zero-order valence-electron chi connectivity index (χ0n) is 18.2. The number of nitrogens with zero attached hydrogens (tertiary/aromatic N) is 1. The Labute approximate surface area is 173 Å². The number of hydrogen-bond acceptors (Lipinski definition) is 4. The van der Waals surface area contributed by atoms with Crippen molar-refractivity contribution in [1.29, 1.82) is 0 Å². The van der Waals surface area contributed by atoms with Crippen LogP contribution in [0.25, 0.3) is 0 Å². The third-order valence-corrected chi connectivity index (χ3v) is 6.72. The van der Waals surface area contributed by atoms with E-state index in [0.29, 0.717) is 17.4 Å². The van der Waals surface area contributed by atoms with Crippen molar-refractivity contribution in [2.24, 2.45) is 0 Å². The molecule has 0 saturated heterocycles. The van der Waals surface area contributed by atoms with Crippen LogP contribution >= 0.6 is 0 Å². The predicted molar refractivity (Wildman–Crippen MR) is 116 cm³/mol. The van der Waals surface area contributed by atoms with Gasteiger partial charge in [0.2, 0.25) is 10.0 Å². The summed E-state index contributed by atoms with van der Waals surface area (Å²) >= 11 is 0. The van der Waals surface area contributed by atoms with E-state index in [1.165, 1.54) is 20.2 Å². The van der Waals surface area contributed by atoms with E-state index in [1.807, 2.05) is 32.9 Å². The first-order chi connectivity index (χ1) is 13.4. The molecule has 2 aromatic rings. The molecule has 0 unspecified atom stereocenters. The Morgan fingerprint density at radius 3 is 2.31 bits per heavy atom. The quantitative estimate of drug-likeness (QED) is 0.737. The van der Waals surface area contributed by atoms with Crippen molar-refractivity contribution < 1.29 is 17.9 Å². The van der Waals surface area contributed by atoms with Gasteiger partial charge in [0.25, 0.3) is 5.91 Å². The molecule has 0 saturated carbocycles. The van der Waals surface area contributed by atoms with Gasteiger partial charge >= 0.3 is 0 Å². The Balaban J connectivity index is 2.19. The number of ether oxygens (including phenoxy) is 1. The molecular formula is C22H30N2O4S. The zero-order valence-corrected chi connectivity index (χ0v) is 19.0. The van der Waals surface area contributed by atoms with Crippen LogP contribution in [0.15, 0.2) is 35.2 Å². The van der Waals surface area contributed by atoms with E-state index in [0.717, 1.165) is 26.6 Å². The maximum atomic E-state index is 12.5. The van der Waals surface area contributed by atoms with Gasteiger partial charge in [-0.05, 0) is 67.1 Å². The number of nitrogens with one attached hydrogen (secondary N) is 1. The monoisotopic (exact) mass is 418 g/mol. The normalized spacial score (nSPS) is 11.8. The Morgan fingerprint density at radius 2 is 1.72 bits per heavy atom. The molecule has 0 spiro atoms. The van der Waals surface area contributed by atoms with E-state index in [4.69, 9.17) is 4.74 Å². The molecule has 0 atom stereocenters. The summed E-state index contributed by atoms with van der Waals surface area (Å²) in [5, 5.41) is 2.78. The third kappa shape index (κ3) is 5.36. The van der Waals surface area contributed by atoms with Gasteiger partial charge in [-0.3, -0.25) is 4.79 Å². The van der Waals surface area contributed by atoms with Gasteiger partial charge in [0.1, 0.15) is 5.75 Å².